The molecule has 16 heavy (non-hydrogen) atoms. The molecule has 0 saturated carbocycles. The molecule has 6 nitrogen and oxygen atoms in total. The zero-order valence-electron chi connectivity index (χ0n) is 9.60. The van der Waals surface area contributed by atoms with Gasteiger partial charge in [-0.05, 0) is 14.0 Å². The van der Waals surface area contributed by atoms with E-state index in [9.17, 15) is 4.79 Å². The molecule has 1 fully saturated rings. The summed E-state index contributed by atoms with van der Waals surface area (Å²) in [6.07, 6.45) is 1.40. The summed E-state index contributed by atoms with van der Waals surface area (Å²) in [7, 11) is 2.09. The first-order valence-electron chi connectivity index (χ1n) is 5.38. The average Bonchev–Trinajstić information content (AvgIpc) is 2.23. The van der Waals surface area contributed by atoms with Crippen molar-refractivity contribution >= 4 is 11.5 Å². The number of nitrogen functional groups attached to an aromatic ring is 1. The average molecular weight is 223 g/mol. The molecule has 1 aromatic rings. The Bertz CT molecular complexity index is 429. The number of nitrogens with one attached hydrogen (secondary N) is 1. The maximum atomic E-state index is 11.4. The van der Waals surface area contributed by atoms with Crippen LogP contribution in [0.5, 0.6) is 0 Å². The topological polar surface area (TPSA) is 78.2 Å². The molecular weight excluding hydrogens is 206 g/mol. The van der Waals surface area contributed by atoms with E-state index in [4.69, 9.17) is 5.73 Å². The van der Waals surface area contributed by atoms with Crippen molar-refractivity contribution in [2.75, 3.05) is 37.3 Å². The Morgan fingerprint density at radius 3 is 3.00 bits per heavy atom. The van der Waals surface area contributed by atoms with Gasteiger partial charge >= 0.3 is 0 Å². The number of nitrogens with zero attached hydrogens (tertiary/aromatic N) is 3. The molecule has 1 aromatic heterocycles. The zero-order valence-corrected chi connectivity index (χ0v) is 9.60. The van der Waals surface area contributed by atoms with Gasteiger partial charge in [0, 0.05) is 25.7 Å². The van der Waals surface area contributed by atoms with Crippen molar-refractivity contribution in [3.05, 3.63) is 16.7 Å². The van der Waals surface area contributed by atoms with Crippen LogP contribution < -0.4 is 16.2 Å². The van der Waals surface area contributed by atoms with E-state index < -0.39 is 0 Å². The molecule has 1 unspecified atom stereocenters. The summed E-state index contributed by atoms with van der Waals surface area (Å²) in [5.41, 5.74) is 5.69. The molecule has 0 amide bonds. The fourth-order valence-corrected chi connectivity index (χ4v) is 2.08. The number of aromatic nitrogens is 2. The third-order valence-electron chi connectivity index (χ3n) is 2.97. The number of hydrogen-bond acceptors (Lipinski definition) is 5. The summed E-state index contributed by atoms with van der Waals surface area (Å²) in [6, 6.07) is 0.315. The highest BCUT2D eigenvalue weighted by Crippen LogP contribution is 2.20. The highest BCUT2D eigenvalue weighted by molar-refractivity contribution is 5.61. The van der Waals surface area contributed by atoms with Gasteiger partial charge in [0.25, 0.3) is 5.56 Å². The Kier molecular flexibility index (Phi) is 2.82. The molecule has 2 rings (SSSR count). The van der Waals surface area contributed by atoms with Crippen LogP contribution in [-0.4, -0.2) is 47.6 Å². The Hall–Kier alpha value is -1.56. The van der Waals surface area contributed by atoms with Gasteiger partial charge < -0.3 is 20.5 Å². The number of H-pyrrole nitrogens is 1. The molecule has 0 aliphatic carbocycles. The lowest BCUT2D eigenvalue weighted by molar-refractivity contribution is 0.275. The van der Waals surface area contributed by atoms with E-state index in [0.29, 0.717) is 11.9 Å². The molecule has 88 valence electrons. The van der Waals surface area contributed by atoms with Crippen molar-refractivity contribution in [3.8, 4) is 0 Å². The van der Waals surface area contributed by atoms with Crippen LogP contribution in [0.3, 0.4) is 0 Å². The molecule has 0 spiro atoms. The molecule has 2 heterocycles. The van der Waals surface area contributed by atoms with Crippen molar-refractivity contribution in [1.82, 2.24) is 14.9 Å². The smallest absolute Gasteiger partial charge is 0.276 e. The molecule has 0 bridgehead atoms. The molecule has 0 aromatic carbocycles. The zero-order chi connectivity index (χ0) is 11.7. The number of aromatic amines is 1. The fourth-order valence-electron chi connectivity index (χ4n) is 2.08. The third kappa shape index (κ3) is 1.88. The highest BCUT2D eigenvalue weighted by Gasteiger charge is 2.24. The molecule has 1 saturated heterocycles. The number of piperazine rings is 1. The number of nitrogens with two attached hydrogens (primary N) is 1. The molecule has 6 heteroatoms. The van der Waals surface area contributed by atoms with E-state index in [1.807, 2.05) is 0 Å². The second kappa shape index (κ2) is 4.13. The van der Waals surface area contributed by atoms with E-state index in [0.717, 1.165) is 19.6 Å². The van der Waals surface area contributed by atoms with Crippen LogP contribution in [0.1, 0.15) is 6.92 Å². The Labute approximate surface area is 94.1 Å². The summed E-state index contributed by atoms with van der Waals surface area (Å²) in [4.78, 5) is 22.4. The molecule has 1 aliphatic heterocycles. The number of rotatable bonds is 1. The Morgan fingerprint density at radius 1 is 1.56 bits per heavy atom. The molecule has 3 N–H and O–H groups in total. The molecule has 1 atom stereocenters. The van der Waals surface area contributed by atoms with Crippen LogP contribution in [0.2, 0.25) is 0 Å². The van der Waals surface area contributed by atoms with Crippen molar-refractivity contribution < 1.29 is 0 Å². The van der Waals surface area contributed by atoms with E-state index in [1.54, 1.807) is 0 Å². The summed E-state index contributed by atoms with van der Waals surface area (Å²) in [5, 5.41) is 0. The second-order valence-corrected chi connectivity index (χ2v) is 4.27. The summed E-state index contributed by atoms with van der Waals surface area (Å²) in [6.45, 7) is 4.86. The van der Waals surface area contributed by atoms with Gasteiger partial charge in [0.1, 0.15) is 5.69 Å². The first-order valence-corrected chi connectivity index (χ1v) is 5.38. The molecular formula is C10H17N5O. The van der Waals surface area contributed by atoms with Crippen LogP contribution in [0.15, 0.2) is 11.1 Å². The minimum Gasteiger partial charge on any atom is -0.391 e. The Balaban J connectivity index is 2.30. The monoisotopic (exact) mass is 223 g/mol. The van der Waals surface area contributed by atoms with Crippen LogP contribution in [0, 0.1) is 0 Å². The number of likely N-dealkylation sites (N-methyl/N-ethyl adjacent to an activating group) is 1. The quantitative estimate of drug-likeness (QED) is 0.670. The predicted octanol–water partition coefficient (Wildman–Crippen LogP) is -0.508. The van der Waals surface area contributed by atoms with Gasteiger partial charge in [0.05, 0.1) is 6.33 Å². The molecule has 1 aliphatic rings. The van der Waals surface area contributed by atoms with Crippen molar-refractivity contribution in [3.63, 3.8) is 0 Å². The highest BCUT2D eigenvalue weighted by atomic mass is 16.1. The largest absolute Gasteiger partial charge is 0.391 e. The van der Waals surface area contributed by atoms with Crippen LogP contribution >= 0.6 is 0 Å². The van der Waals surface area contributed by atoms with Gasteiger partial charge in [-0.25, -0.2) is 4.98 Å². The van der Waals surface area contributed by atoms with Gasteiger partial charge in [0.15, 0.2) is 5.82 Å². The van der Waals surface area contributed by atoms with E-state index in [2.05, 4.69) is 33.7 Å². The lowest BCUT2D eigenvalue weighted by Gasteiger charge is -2.39. The number of anilines is 2. The SMILES string of the molecule is CC1CN(C)CCN1c1nc[nH]c(=O)c1N. The van der Waals surface area contributed by atoms with Crippen molar-refractivity contribution in [2.45, 2.75) is 13.0 Å². The fraction of sp³-hybridized carbons (Fsp3) is 0.600. The lowest BCUT2D eigenvalue weighted by atomic mass is 10.2. The van der Waals surface area contributed by atoms with Gasteiger partial charge in [-0.3, -0.25) is 4.79 Å². The molecule has 0 radical (unpaired) electrons. The van der Waals surface area contributed by atoms with Gasteiger partial charge in [-0.2, -0.15) is 0 Å². The van der Waals surface area contributed by atoms with Gasteiger partial charge in [-0.1, -0.05) is 0 Å². The van der Waals surface area contributed by atoms with Gasteiger partial charge in [-0.15, -0.1) is 0 Å². The summed E-state index contributed by atoms with van der Waals surface area (Å²) < 4.78 is 0. The van der Waals surface area contributed by atoms with Crippen LogP contribution in [-0.2, 0) is 0 Å². The van der Waals surface area contributed by atoms with Gasteiger partial charge in [0.2, 0.25) is 0 Å². The normalized spacial score (nSPS) is 22.4. The van der Waals surface area contributed by atoms with E-state index in [-0.39, 0.29) is 11.2 Å². The van der Waals surface area contributed by atoms with E-state index in [1.165, 1.54) is 6.33 Å². The van der Waals surface area contributed by atoms with E-state index >= 15 is 0 Å². The predicted molar refractivity (Wildman–Crippen MR) is 63.6 cm³/mol. The first kappa shape index (κ1) is 10.9. The second-order valence-electron chi connectivity index (χ2n) is 4.27. The number of hydrogen-bond donors (Lipinski definition) is 2. The maximum Gasteiger partial charge on any atom is 0.276 e. The third-order valence-corrected chi connectivity index (χ3v) is 2.97. The minimum atomic E-state index is -0.267. The standard InChI is InChI=1S/C10H17N5O/c1-7-5-14(2)3-4-15(7)9-8(11)10(16)13-6-12-9/h6-7H,3-5,11H2,1-2H3,(H,12,13,16). The van der Waals surface area contributed by atoms with Crippen LogP contribution in [0.25, 0.3) is 0 Å². The minimum absolute atomic E-state index is 0.207. The summed E-state index contributed by atoms with van der Waals surface area (Å²) in [5.74, 6) is 0.601. The van der Waals surface area contributed by atoms with Crippen LogP contribution in [0.4, 0.5) is 11.5 Å². The Morgan fingerprint density at radius 2 is 2.31 bits per heavy atom. The van der Waals surface area contributed by atoms with Crippen molar-refractivity contribution in [1.29, 1.82) is 0 Å². The van der Waals surface area contributed by atoms with Crippen molar-refractivity contribution in [2.24, 2.45) is 0 Å². The summed E-state index contributed by atoms with van der Waals surface area (Å²) >= 11 is 0. The first-order chi connectivity index (χ1) is 7.59. The lowest BCUT2D eigenvalue weighted by Crippen LogP contribution is -2.51. The maximum absolute atomic E-state index is 11.4.